The first-order valence-electron chi connectivity index (χ1n) is 9.86. The van der Waals surface area contributed by atoms with E-state index in [1.807, 2.05) is 0 Å². The Hall–Kier alpha value is -4.20. The van der Waals surface area contributed by atoms with Gasteiger partial charge in [0.1, 0.15) is 5.82 Å². The smallest absolute Gasteiger partial charge is 0.416 e. The molecule has 0 aliphatic rings. The minimum absolute atomic E-state index is 0.127. The first-order chi connectivity index (χ1) is 15.6. The zero-order valence-corrected chi connectivity index (χ0v) is 17.3. The molecule has 1 amide bonds. The Kier molecular flexibility index (Phi) is 5.59. The molecule has 8 heteroatoms. The number of halogens is 3. The number of nitrogens with zero attached hydrogens (tertiary/aromatic N) is 1. The number of nitrogens with one attached hydrogen (secondary N) is 1. The number of fused-ring (bicyclic) bond motifs is 1. The standard InChI is InChI=1S/C25H17F3N2O3/c1-14-3-2-4-19(22(14)15-5-9-18(10-6-15)25(26,27)28)23(31)30-21-12-8-16-13-17(24(32)33)7-11-20(16)29-21/h2-13H,1H3,(H,32,33)(H,29,30,31). The maximum absolute atomic E-state index is 13.1. The number of carboxylic acids is 1. The monoisotopic (exact) mass is 450 g/mol. The lowest BCUT2D eigenvalue weighted by Gasteiger charge is -2.14. The Balaban J connectivity index is 1.66. The van der Waals surface area contributed by atoms with E-state index in [9.17, 15) is 22.8 Å². The molecule has 5 nitrogen and oxygen atoms in total. The number of hydrogen-bond donors (Lipinski definition) is 2. The van der Waals surface area contributed by atoms with Gasteiger partial charge in [0.25, 0.3) is 5.91 Å². The number of aromatic nitrogens is 1. The van der Waals surface area contributed by atoms with Crippen molar-refractivity contribution in [2.75, 3.05) is 5.32 Å². The van der Waals surface area contributed by atoms with Gasteiger partial charge in [0.05, 0.1) is 16.6 Å². The van der Waals surface area contributed by atoms with Crippen molar-refractivity contribution in [1.29, 1.82) is 0 Å². The number of aryl methyl sites for hydroxylation is 1. The van der Waals surface area contributed by atoms with Gasteiger partial charge in [0.2, 0.25) is 0 Å². The predicted octanol–water partition coefficient (Wildman–Crippen LogP) is 6.18. The quantitative estimate of drug-likeness (QED) is 0.389. The fourth-order valence-electron chi connectivity index (χ4n) is 3.58. The van der Waals surface area contributed by atoms with E-state index in [1.165, 1.54) is 24.3 Å². The summed E-state index contributed by atoms with van der Waals surface area (Å²) in [5.74, 6) is -1.26. The maximum Gasteiger partial charge on any atom is 0.416 e. The van der Waals surface area contributed by atoms with Crippen LogP contribution < -0.4 is 5.32 Å². The topological polar surface area (TPSA) is 79.3 Å². The summed E-state index contributed by atoms with van der Waals surface area (Å²) in [7, 11) is 0. The van der Waals surface area contributed by atoms with Crippen LogP contribution in [0.2, 0.25) is 0 Å². The number of hydrogen-bond acceptors (Lipinski definition) is 3. The van der Waals surface area contributed by atoms with Crippen LogP contribution in [0.25, 0.3) is 22.0 Å². The molecular formula is C25H17F3N2O3. The first-order valence-corrected chi connectivity index (χ1v) is 9.86. The van der Waals surface area contributed by atoms with Gasteiger partial charge in [-0.3, -0.25) is 4.79 Å². The summed E-state index contributed by atoms with van der Waals surface area (Å²) in [6.07, 6.45) is -4.45. The number of alkyl halides is 3. The van der Waals surface area contributed by atoms with Gasteiger partial charge in [-0.25, -0.2) is 9.78 Å². The van der Waals surface area contributed by atoms with Gasteiger partial charge in [0.15, 0.2) is 0 Å². The van der Waals surface area contributed by atoms with E-state index >= 15 is 0 Å². The van der Waals surface area contributed by atoms with Crippen molar-refractivity contribution in [3.8, 4) is 11.1 Å². The number of rotatable bonds is 4. The van der Waals surface area contributed by atoms with Crippen LogP contribution in [0.15, 0.2) is 72.8 Å². The molecule has 0 atom stereocenters. The highest BCUT2D eigenvalue weighted by Crippen LogP contribution is 2.33. The number of carbonyl (C=O) groups excluding carboxylic acids is 1. The Morgan fingerprint density at radius 2 is 1.67 bits per heavy atom. The fourth-order valence-corrected chi connectivity index (χ4v) is 3.58. The summed E-state index contributed by atoms with van der Waals surface area (Å²) < 4.78 is 38.8. The predicted molar refractivity (Wildman–Crippen MR) is 118 cm³/mol. The summed E-state index contributed by atoms with van der Waals surface area (Å²) >= 11 is 0. The van der Waals surface area contributed by atoms with E-state index < -0.39 is 23.6 Å². The highest BCUT2D eigenvalue weighted by Gasteiger charge is 2.30. The minimum atomic E-state index is -4.45. The van der Waals surface area contributed by atoms with E-state index in [2.05, 4.69) is 10.3 Å². The van der Waals surface area contributed by atoms with Crippen LogP contribution in [-0.4, -0.2) is 22.0 Å². The molecule has 0 aliphatic carbocycles. The van der Waals surface area contributed by atoms with E-state index in [0.717, 1.165) is 17.7 Å². The van der Waals surface area contributed by atoms with Crippen LogP contribution in [-0.2, 0) is 6.18 Å². The van der Waals surface area contributed by atoms with Gasteiger partial charge < -0.3 is 10.4 Å². The second kappa shape index (κ2) is 8.38. The molecule has 33 heavy (non-hydrogen) atoms. The molecule has 4 aromatic rings. The second-order valence-electron chi connectivity index (χ2n) is 7.44. The summed E-state index contributed by atoms with van der Waals surface area (Å²) in [6, 6.07) is 17.4. The second-order valence-corrected chi connectivity index (χ2v) is 7.44. The van der Waals surface area contributed by atoms with E-state index in [0.29, 0.717) is 22.0 Å². The Morgan fingerprint density at radius 1 is 0.939 bits per heavy atom. The van der Waals surface area contributed by atoms with E-state index in [-0.39, 0.29) is 16.9 Å². The highest BCUT2D eigenvalue weighted by molar-refractivity contribution is 6.09. The van der Waals surface area contributed by atoms with E-state index in [4.69, 9.17) is 5.11 Å². The summed E-state index contributed by atoms with van der Waals surface area (Å²) in [5.41, 5.74) is 1.90. The number of carboxylic acid groups (broad SMARTS) is 1. The normalized spacial score (nSPS) is 11.4. The van der Waals surface area contributed by atoms with Crippen molar-refractivity contribution in [2.24, 2.45) is 0 Å². The summed E-state index contributed by atoms with van der Waals surface area (Å²) in [5, 5.41) is 12.4. The Labute approximate surface area is 186 Å². The number of pyridine rings is 1. The molecule has 0 spiro atoms. The molecule has 0 radical (unpaired) electrons. The lowest BCUT2D eigenvalue weighted by Crippen LogP contribution is -2.14. The molecule has 0 fully saturated rings. The third-order valence-electron chi connectivity index (χ3n) is 5.20. The molecule has 1 aromatic heterocycles. The van der Waals surface area contributed by atoms with E-state index in [1.54, 1.807) is 43.3 Å². The molecule has 4 rings (SSSR count). The zero-order chi connectivity index (χ0) is 23.8. The lowest BCUT2D eigenvalue weighted by atomic mass is 9.94. The van der Waals surface area contributed by atoms with Crippen LogP contribution in [0.5, 0.6) is 0 Å². The third kappa shape index (κ3) is 4.55. The molecule has 2 N–H and O–H groups in total. The van der Waals surface area contributed by atoms with Gasteiger partial charge in [-0.2, -0.15) is 13.2 Å². The fraction of sp³-hybridized carbons (Fsp3) is 0.0800. The zero-order valence-electron chi connectivity index (χ0n) is 17.3. The lowest BCUT2D eigenvalue weighted by molar-refractivity contribution is -0.137. The van der Waals surface area contributed by atoms with Crippen LogP contribution in [0.4, 0.5) is 19.0 Å². The highest BCUT2D eigenvalue weighted by atomic mass is 19.4. The molecule has 166 valence electrons. The van der Waals surface area contributed by atoms with Gasteiger partial charge in [-0.15, -0.1) is 0 Å². The SMILES string of the molecule is Cc1cccc(C(=O)Nc2ccc3cc(C(=O)O)ccc3n2)c1-c1ccc(C(F)(F)F)cc1. The number of anilines is 1. The molecule has 0 saturated heterocycles. The van der Waals surface area contributed by atoms with Crippen LogP contribution in [0.3, 0.4) is 0 Å². The van der Waals surface area contributed by atoms with Crippen LogP contribution in [0, 0.1) is 6.92 Å². The van der Waals surface area contributed by atoms with Gasteiger partial charge in [-0.05, 0) is 72.1 Å². The molecule has 0 unspecified atom stereocenters. The van der Waals surface area contributed by atoms with Crippen LogP contribution in [0.1, 0.15) is 31.8 Å². The number of aromatic carboxylic acids is 1. The molecule has 0 saturated carbocycles. The summed E-state index contributed by atoms with van der Waals surface area (Å²) in [4.78, 5) is 28.5. The molecule has 0 aliphatic heterocycles. The van der Waals surface area contributed by atoms with Crippen molar-refractivity contribution in [3.05, 3.63) is 95.1 Å². The van der Waals surface area contributed by atoms with Gasteiger partial charge in [0, 0.05) is 10.9 Å². The Bertz CT molecular complexity index is 1380. The molecule has 0 bridgehead atoms. The molecule has 1 heterocycles. The molecule has 3 aromatic carbocycles. The van der Waals surface area contributed by atoms with Crippen LogP contribution >= 0.6 is 0 Å². The number of amides is 1. The van der Waals surface area contributed by atoms with Crippen molar-refractivity contribution >= 4 is 28.6 Å². The maximum atomic E-state index is 13.1. The Morgan fingerprint density at radius 3 is 2.33 bits per heavy atom. The van der Waals surface area contributed by atoms with Crippen molar-refractivity contribution in [1.82, 2.24) is 4.98 Å². The van der Waals surface area contributed by atoms with Crippen molar-refractivity contribution in [2.45, 2.75) is 13.1 Å². The number of benzene rings is 3. The first kappa shape index (κ1) is 22.0. The van der Waals surface area contributed by atoms with Crippen molar-refractivity contribution < 1.29 is 27.9 Å². The van der Waals surface area contributed by atoms with Gasteiger partial charge in [-0.1, -0.05) is 24.3 Å². The number of carbonyl (C=O) groups is 2. The largest absolute Gasteiger partial charge is 0.478 e. The average Bonchev–Trinajstić information content (AvgIpc) is 2.78. The average molecular weight is 450 g/mol. The third-order valence-corrected chi connectivity index (χ3v) is 5.20. The van der Waals surface area contributed by atoms with Crippen molar-refractivity contribution in [3.63, 3.8) is 0 Å². The van der Waals surface area contributed by atoms with Gasteiger partial charge >= 0.3 is 12.1 Å². The minimum Gasteiger partial charge on any atom is -0.478 e. The summed E-state index contributed by atoms with van der Waals surface area (Å²) in [6.45, 7) is 1.78. The molecular weight excluding hydrogens is 433 g/mol.